The summed E-state index contributed by atoms with van der Waals surface area (Å²) in [6.45, 7) is 1.24. The van der Waals surface area contributed by atoms with Gasteiger partial charge in [-0.3, -0.25) is 9.78 Å². The van der Waals surface area contributed by atoms with Crippen LogP contribution in [-0.2, 0) is 10.5 Å². The molecule has 3 aromatic rings. The molecule has 0 bridgehead atoms. The van der Waals surface area contributed by atoms with Crippen molar-refractivity contribution >= 4 is 17.7 Å². The minimum Gasteiger partial charge on any atom is -0.340 e. The normalized spacial score (nSPS) is 14.2. The minimum atomic E-state index is 0.0935. The molecular weight excluding hydrogens is 350 g/mol. The van der Waals surface area contributed by atoms with Crippen LogP contribution in [0, 0.1) is 0 Å². The first-order chi connectivity index (χ1) is 12.8. The van der Waals surface area contributed by atoms with E-state index in [-0.39, 0.29) is 11.8 Å². The van der Waals surface area contributed by atoms with Crippen molar-refractivity contribution in [2.75, 3.05) is 18.8 Å². The van der Waals surface area contributed by atoms with Gasteiger partial charge >= 0.3 is 0 Å². The summed E-state index contributed by atoms with van der Waals surface area (Å²) in [7, 11) is 0. The predicted octanol–water partition coefficient (Wildman–Crippen LogP) is 2.39. The van der Waals surface area contributed by atoms with Crippen molar-refractivity contribution in [1.82, 2.24) is 25.0 Å². The molecule has 132 valence electrons. The van der Waals surface area contributed by atoms with E-state index in [1.807, 2.05) is 23.1 Å². The molecule has 1 fully saturated rings. The number of hydrogen-bond donors (Lipinski definition) is 0. The van der Waals surface area contributed by atoms with Crippen molar-refractivity contribution in [3.05, 3.63) is 60.4 Å². The van der Waals surface area contributed by atoms with Crippen LogP contribution in [0.5, 0.6) is 0 Å². The number of likely N-dealkylation sites (tertiary alicyclic amines) is 1. The predicted molar refractivity (Wildman–Crippen MR) is 97.2 cm³/mol. The maximum absolute atomic E-state index is 12.2. The van der Waals surface area contributed by atoms with Gasteiger partial charge in [-0.05, 0) is 5.56 Å². The summed E-state index contributed by atoms with van der Waals surface area (Å²) in [5.41, 5.74) is 1.81. The lowest BCUT2D eigenvalue weighted by molar-refractivity contribution is -0.133. The highest BCUT2D eigenvalue weighted by molar-refractivity contribution is 7.99. The molecule has 0 radical (unpaired) electrons. The van der Waals surface area contributed by atoms with Crippen molar-refractivity contribution < 1.29 is 9.32 Å². The van der Waals surface area contributed by atoms with Gasteiger partial charge in [-0.15, -0.1) is 11.8 Å². The van der Waals surface area contributed by atoms with Crippen LogP contribution in [0.25, 0.3) is 11.5 Å². The monoisotopic (exact) mass is 367 g/mol. The van der Waals surface area contributed by atoms with Crippen LogP contribution in [-0.4, -0.2) is 49.8 Å². The van der Waals surface area contributed by atoms with Crippen molar-refractivity contribution in [3.63, 3.8) is 0 Å². The third kappa shape index (κ3) is 3.75. The molecule has 1 saturated heterocycles. The Bertz CT molecular complexity index is 866. The highest BCUT2D eigenvalue weighted by Gasteiger charge is 2.35. The molecule has 1 aromatic carbocycles. The van der Waals surface area contributed by atoms with Gasteiger partial charge in [-0.25, -0.2) is 4.98 Å². The zero-order valence-corrected chi connectivity index (χ0v) is 14.8. The highest BCUT2D eigenvalue weighted by Crippen LogP contribution is 2.27. The molecule has 1 aliphatic rings. The summed E-state index contributed by atoms with van der Waals surface area (Å²) >= 11 is 1.63. The average Bonchev–Trinajstić information content (AvgIpc) is 3.12. The summed E-state index contributed by atoms with van der Waals surface area (Å²) in [5, 5.41) is 3.95. The molecule has 0 spiro atoms. The fourth-order valence-corrected chi connectivity index (χ4v) is 3.57. The number of carbonyl (C=O) groups excluding carboxylic acids is 1. The second-order valence-electron chi connectivity index (χ2n) is 6.02. The third-order valence-corrected chi connectivity index (χ3v) is 5.14. The molecule has 4 rings (SSSR count). The molecule has 26 heavy (non-hydrogen) atoms. The Hall–Kier alpha value is -2.74. The Kier molecular flexibility index (Phi) is 4.92. The van der Waals surface area contributed by atoms with Gasteiger partial charge < -0.3 is 9.42 Å². The molecule has 0 unspecified atom stereocenters. The van der Waals surface area contributed by atoms with E-state index in [1.165, 1.54) is 5.56 Å². The highest BCUT2D eigenvalue weighted by atomic mass is 32.2. The van der Waals surface area contributed by atoms with Gasteiger partial charge in [0, 0.05) is 31.2 Å². The topological polar surface area (TPSA) is 85.0 Å². The Morgan fingerprint density at radius 1 is 1.23 bits per heavy atom. The molecule has 0 atom stereocenters. The number of aromatic nitrogens is 4. The van der Waals surface area contributed by atoms with E-state index in [9.17, 15) is 4.79 Å². The van der Waals surface area contributed by atoms with Gasteiger partial charge in [0.1, 0.15) is 5.69 Å². The van der Waals surface area contributed by atoms with Crippen LogP contribution in [0.2, 0.25) is 0 Å². The quantitative estimate of drug-likeness (QED) is 0.661. The molecule has 0 saturated carbocycles. The number of carbonyl (C=O) groups is 1. The minimum absolute atomic E-state index is 0.0935. The maximum atomic E-state index is 12.2. The van der Waals surface area contributed by atoms with Crippen LogP contribution < -0.4 is 0 Å². The number of hydrogen-bond acceptors (Lipinski definition) is 7. The van der Waals surface area contributed by atoms with Gasteiger partial charge in [0.25, 0.3) is 0 Å². The van der Waals surface area contributed by atoms with Gasteiger partial charge in [-0.1, -0.05) is 35.5 Å². The fourth-order valence-electron chi connectivity index (χ4n) is 2.68. The molecule has 7 nitrogen and oxygen atoms in total. The number of rotatable bonds is 6. The SMILES string of the molecule is O=C(CSCc1ccccc1)N1CC(c2nc(-c3cnccn3)no2)C1. The summed E-state index contributed by atoms with van der Waals surface area (Å²) in [4.78, 5) is 26.6. The Morgan fingerprint density at radius 3 is 2.85 bits per heavy atom. The molecule has 1 aliphatic heterocycles. The summed E-state index contributed by atoms with van der Waals surface area (Å²) in [6.07, 6.45) is 4.77. The molecular formula is C18H17N5O2S. The molecule has 2 aromatic heterocycles. The van der Waals surface area contributed by atoms with E-state index in [4.69, 9.17) is 4.52 Å². The zero-order valence-electron chi connectivity index (χ0n) is 14.0. The Labute approximate surface area is 154 Å². The van der Waals surface area contributed by atoms with Crippen LogP contribution in [0.4, 0.5) is 0 Å². The van der Waals surface area contributed by atoms with Crippen molar-refractivity contribution in [1.29, 1.82) is 0 Å². The first kappa shape index (κ1) is 16.7. The first-order valence-corrected chi connectivity index (χ1v) is 9.44. The molecule has 0 N–H and O–H groups in total. The molecule has 8 heteroatoms. The zero-order chi connectivity index (χ0) is 17.8. The van der Waals surface area contributed by atoms with Gasteiger partial charge in [-0.2, -0.15) is 4.98 Å². The largest absolute Gasteiger partial charge is 0.340 e. The summed E-state index contributed by atoms with van der Waals surface area (Å²) < 4.78 is 5.32. The van der Waals surface area contributed by atoms with E-state index >= 15 is 0 Å². The lowest BCUT2D eigenvalue weighted by Gasteiger charge is -2.37. The molecule has 3 heterocycles. The van der Waals surface area contributed by atoms with Gasteiger partial charge in [0.15, 0.2) is 0 Å². The number of nitrogens with zero attached hydrogens (tertiary/aromatic N) is 5. The van der Waals surface area contributed by atoms with Gasteiger partial charge in [0.05, 0.1) is 17.9 Å². The van der Waals surface area contributed by atoms with E-state index < -0.39 is 0 Å². The third-order valence-electron chi connectivity index (χ3n) is 4.15. The number of thioether (sulfide) groups is 1. The standard InChI is InChI=1S/C18H17N5O2S/c24-16(12-26-11-13-4-2-1-3-5-13)23-9-14(10-23)18-21-17(22-25-18)15-8-19-6-7-20-15/h1-8,14H,9-12H2. The maximum Gasteiger partial charge on any atom is 0.233 e. The molecule has 1 amide bonds. The second kappa shape index (κ2) is 7.65. The number of amides is 1. The first-order valence-electron chi connectivity index (χ1n) is 8.29. The second-order valence-corrected chi connectivity index (χ2v) is 7.01. The lowest BCUT2D eigenvalue weighted by Crippen LogP contribution is -2.49. The van der Waals surface area contributed by atoms with Crippen LogP contribution >= 0.6 is 11.8 Å². The van der Waals surface area contributed by atoms with E-state index in [2.05, 4.69) is 32.2 Å². The van der Waals surface area contributed by atoms with Crippen molar-refractivity contribution in [2.45, 2.75) is 11.7 Å². The van der Waals surface area contributed by atoms with E-state index in [0.717, 1.165) is 5.75 Å². The summed E-state index contributed by atoms with van der Waals surface area (Å²) in [6, 6.07) is 10.2. The van der Waals surface area contributed by atoms with Gasteiger partial charge in [0.2, 0.25) is 17.6 Å². The van der Waals surface area contributed by atoms with Crippen molar-refractivity contribution in [3.8, 4) is 11.5 Å². The van der Waals surface area contributed by atoms with Crippen LogP contribution in [0.15, 0.2) is 53.4 Å². The fraction of sp³-hybridized carbons (Fsp3) is 0.278. The summed E-state index contributed by atoms with van der Waals surface area (Å²) in [5.74, 6) is 2.54. The Morgan fingerprint density at radius 2 is 2.08 bits per heavy atom. The lowest BCUT2D eigenvalue weighted by atomic mass is 10.0. The smallest absolute Gasteiger partial charge is 0.233 e. The van der Waals surface area contributed by atoms with Crippen LogP contribution in [0.3, 0.4) is 0 Å². The average molecular weight is 367 g/mol. The molecule has 0 aliphatic carbocycles. The van der Waals surface area contributed by atoms with Crippen molar-refractivity contribution in [2.24, 2.45) is 0 Å². The van der Waals surface area contributed by atoms with E-state index in [0.29, 0.717) is 36.3 Å². The van der Waals surface area contributed by atoms with Crippen LogP contribution in [0.1, 0.15) is 17.4 Å². The number of benzene rings is 1. The Balaban J connectivity index is 1.25. The van der Waals surface area contributed by atoms with E-state index in [1.54, 1.807) is 30.4 Å².